The minimum atomic E-state index is -3.58. The molecule has 3 rings (SSSR count). The lowest BCUT2D eigenvalue weighted by molar-refractivity contribution is -0.120. The second-order valence-electron chi connectivity index (χ2n) is 11.1. The van der Waals surface area contributed by atoms with Crippen molar-refractivity contribution in [2.75, 3.05) is 24.1 Å². The van der Waals surface area contributed by atoms with E-state index in [0.717, 1.165) is 42.2 Å². The Morgan fingerprint density at radius 1 is 0.927 bits per heavy atom. The van der Waals surface area contributed by atoms with Crippen LogP contribution in [0.4, 0.5) is 5.69 Å². The van der Waals surface area contributed by atoms with Crippen LogP contribution in [-0.2, 0) is 34.1 Å². The largest absolute Gasteiger partial charge is 0.508 e. The predicted molar refractivity (Wildman–Crippen MR) is 162 cm³/mol. The summed E-state index contributed by atoms with van der Waals surface area (Å²) in [5.41, 5.74) is 3.23. The van der Waals surface area contributed by atoms with Gasteiger partial charge in [0.1, 0.15) is 11.5 Å². The number of anilines is 1. The molecule has 0 aliphatic rings. The van der Waals surface area contributed by atoms with Gasteiger partial charge >= 0.3 is 0 Å². The topological polar surface area (TPSA) is 148 Å². The third kappa shape index (κ3) is 11.4. The number of hydrogen-bond acceptors (Lipinski definition) is 7. The van der Waals surface area contributed by atoms with E-state index in [9.17, 15) is 28.5 Å². The Bertz CT molecular complexity index is 1410. The number of rotatable bonds is 15. The lowest BCUT2D eigenvalue weighted by atomic mass is 9.93. The molecule has 3 aromatic carbocycles. The number of aliphatic hydroxyl groups is 1. The van der Waals surface area contributed by atoms with Crippen LogP contribution >= 0.6 is 0 Å². The van der Waals surface area contributed by atoms with Gasteiger partial charge in [-0.3, -0.25) is 9.52 Å². The molecule has 0 saturated heterocycles. The monoisotopic (exact) mass is 583 g/mol. The highest BCUT2D eigenvalue weighted by molar-refractivity contribution is 7.92. The lowest BCUT2D eigenvalue weighted by Gasteiger charge is -2.28. The molecule has 0 fully saturated rings. The first-order chi connectivity index (χ1) is 19.3. The molecule has 0 bridgehead atoms. The molecule has 41 heavy (non-hydrogen) atoms. The second kappa shape index (κ2) is 14.3. The van der Waals surface area contributed by atoms with Crippen LogP contribution in [0.2, 0.25) is 0 Å². The van der Waals surface area contributed by atoms with Gasteiger partial charge in [0.05, 0.1) is 24.5 Å². The molecule has 0 radical (unpaired) electrons. The number of nitrogens with one attached hydrogen (secondary N) is 3. The van der Waals surface area contributed by atoms with Crippen LogP contribution in [0, 0.1) is 0 Å². The van der Waals surface area contributed by atoms with Crippen molar-refractivity contribution in [3.05, 3.63) is 89.0 Å². The Labute approximate surface area is 242 Å². The molecule has 0 unspecified atom stereocenters. The Kier molecular flexibility index (Phi) is 11.2. The van der Waals surface area contributed by atoms with E-state index < -0.39 is 16.1 Å². The number of carbonyl (C=O) groups excluding carboxylic acids is 1. The third-order valence-corrected chi connectivity index (χ3v) is 7.22. The number of phenols is 2. The summed E-state index contributed by atoms with van der Waals surface area (Å²) in [6, 6.07) is 19.4. The Balaban J connectivity index is 1.45. The summed E-state index contributed by atoms with van der Waals surface area (Å²) in [6.07, 6.45) is 3.73. The number of aromatic hydroxyl groups is 2. The first-order valence-corrected chi connectivity index (χ1v) is 15.5. The first-order valence-electron chi connectivity index (χ1n) is 13.7. The van der Waals surface area contributed by atoms with Gasteiger partial charge in [0.2, 0.25) is 15.9 Å². The van der Waals surface area contributed by atoms with E-state index in [2.05, 4.69) is 15.4 Å². The standard InChI is InChI=1S/C31H41N3O6S/c1-31(2,33-21-29(37)25-12-15-28(36)27(19-25)34-41(3,39)40)20-24-9-6-8-23(17-24)18-30(38)32-16-5-4-7-22-10-13-26(35)14-11-22/h6,8-15,17,19,29,33-37H,4-5,7,16,18,20-21H2,1-3H3,(H,32,38)/t29-/m0/s1. The van der Waals surface area contributed by atoms with E-state index in [1.165, 1.54) is 12.1 Å². The van der Waals surface area contributed by atoms with E-state index in [1.807, 2.05) is 50.2 Å². The Morgan fingerprint density at radius 2 is 1.63 bits per heavy atom. The lowest BCUT2D eigenvalue weighted by Crippen LogP contribution is -2.43. The molecule has 0 aliphatic heterocycles. The molecule has 0 heterocycles. The highest BCUT2D eigenvalue weighted by Gasteiger charge is 2.21. The maximum atomic E-state index is 12.5. The maximum absolute atomic E-state index is 12.5. The summed E-state index contributed by atoms with van der Waals surface area (Å²) in [4.78, 5) is 12.5. The van der Waals surface area contributed by atoms with Gasteiger partial charge in [-0.25, -0.2) is 8.42 Å². The van der Waals surface area contributed by atoms with E-state index in [0.29, 0.717) is 24.9 Å². The zero-order valence-corrected chi connectivity index (χ0v) is 24.7. The van der Waals surface area contributed by atoms with Crippen molar-refractivity contribution in [1.82, 2.24) is 10.6 Å². The number of amides is 1. The van der Waals surface area contributed by atoms with Crippen LogP contribution in [-0.4, -0.2) is 54.5 Å². The molecule has 3 aromatic rings. The van der Waals surface area contributed by atoms with Crippen LogP contribution < -0.4 is 15.4 Å². The van der Waals surface area contributed by atoms with Crippen LogP contribution in [0.5, 0.6) is 11.5 Å². The van der Waals surface area contributed by atoms with Crippen molar-refractivity contribution in [1.29, 1.82) is 0 Å². The number of β-amino-alcohol motifs (C(OH)–C–C–N with tert-alkyl or cyclic N) is 1. The molecule has 0 aliphatic carbocycles. The molecule has 1 atom stereocenters. The zero-order valence-electron chi connectivity index (χ0n) is 23.9. The normalized spacial score (nSPS) is 12.6. The number of sulfonamides is 1. The minimum absolute atomic E-state index is 0.0123. The van der Waals surface area contributed by atoms with Crippen molar-refractivity contribution >= 4 is 21.6 Å². The van der Waals surface area contributed by atoms with Crippen LogP contribution in [0.15, 0.2) is 66.7 Å². The van der Waals surface area contributed by atoms with Gasteiger partial charge < -0.3 is 26.0 Å². The number of hydrogen-bond donors (Lipinski definition) is 6. The van der Waals surface area contributed by atoms with Gasteiger partial charge in [-0.1, -0.05) is 42.5 Å². The van der Waals surface area contributed by atoms with Crippen LogP contribution in [0.25, 0.3) is 0 Å². The maximum Gasteiger partial charge on any atom is 0.229 e. The van der Waals surface area contributed by atoms with Gasteiger partial charge in [-0.2, -0.15) is 0 Å². The van der Waals surface area contributed by atoms with Crippen LogP contribution in [0.3, 0.4) is 0 Å². The van der Waals surface area contributed by atoms with Crippen molar-refractivity contribution in [2.24, 2.45) is 0 Å². The smallest absolute Gasteiger partial charge is 0.229 e. The summed E-state index contributed by atoms with van der Waals surface area (Å²) >= 11 is 0. The Morgan fingerprint density at radius 3 is 2.34 bits per heavy atom. The molecule has 10 heteroatoms. The van der Waals surface area contributed by atoms with E-state index in [4.69, 9.17) is 0 Å². The molecule has 222 valence electrons. The molecule has 0 spiro atoms. The average molecular weight is 584 g/mol. The average Bonchev–Trinajstić information content (AvgIpc) is 2.88. The summed E-state index contributed by atoms with van der Waals surface area (Å²) in [7, 11) is -3.58. The zero-order chi connectivity index (χ0) is 30.0. The molecule has 0 saturated carbocycles. The van der Waals surface area contributed by atoms with Gasteiger partial charge in [0, 0.05) is 18.6 Å². The Hall–Kier alpha value is -3.60. The van der Waals surface area contributed by atoms with Crippen molar-refractivity contribution < 1.29 is 28.5 Å². The second-order valence-corrected chi connectivity index (χ2v) is 12.8. The van der Waals surface area contributed by atoms with Crippen molar-refractivity contribution in [2.45, 2.75) is 57.6 Å². The van der Waals surface area contributed by atoms with Crippen molar-refractivity contribution in [3.63, 3.8) is 0 Å². The SMILES string of the molecule is CC(C)(Cc1cccc(CC(=O)NCCCCc2ccc(O)cc2)c1)NC[C@H](O)c1ccc(O)c(NS(C)(=O)=O)c1. The van der Waals surface area contributed by atoms with Gasteiger partial charge in [0.25, 0.3) is 0 Å². The van der Waals surface area contributed by atoms with Gasteiger partial charge in [-0.15, -0.1) is 0 Å². The van der Waals surface area contributed by atoms with Gasteiger partial charge in [-0.05, 0) is 86.1 Å². The summed E-state index contributed by atoms with van der Waals surface area (Å²) < 4.78 is 25.3. The first kappa shape index (κ1) is 31.9. The van der Waals surface area contributed by atoms with E-state index >= 15 is 0 Å². The molecule has 9 nitrogen and oxygen atoms in total. The summed E-state index contributed by atoms with van der Waals surface area (Å²) in [5.74, 6) is 0.0144. The fraction of sp³-hybridized carbons (Fsp3) is 0.387. The molecular weight excluding hydrogens is 542 g/mol. The number of benzene rings is 3. The van der Waals surface area contributed by atoms with Crippen LogP contribution in [0.1, 0.15) is 55.0 Å². The molecule has 1 amide bonds. The number of aliphatic hydroxyl groups excluding tert-OH is 1. The number of aryl methyl sites for hydroxylation is 1. The molecular formula is C31H41N3O6S. The fourth-order valence-electron chi connectivity index (χ4n) is 4.55. The fourth-order valence-corrected chi connectivity index (χ4v) is 5.11. The number of carbonyl (C=O) groups is 1. The van der Waals surface area contributed by atoms with Gasteiger partial charge in [0.15, 0.2) is 0 Å². The third-order valence-electron chi connectivity index (χ3n) is 6.63. The number of unbranched alkanes of at least 4 members (excludes halogenated alkanes) is 1. The molecule has 0 aromatic heterocycles. The minimum Gasteiger partial charge on any atom is -0.508 e. The highest BCUT2D eigenvalue weighted by atomic mass is 32.2. The highest BCUT2D eigenvalue weighted by Crippen LogP contribution is 2.28. The van der Waals surface area contributed by atoms with E-state index in [-0.39, 0.29) is 35.2 Å². The predicted octanol–water partition coefficient (Wildman–Crippen LogP) is 3.80. The summed E-state index contributed by atoms with van der Waals surface area (Å²) in [5, 5.41) is 36.4. The quantitative estimate of drug-likeness (QED) is 0.118. The number of phenolic OH excluding ortho intramolecular Hbond substituents is 2. The van der Waals surface area contributed by atoms with Crippen molar-refractivity contribution in [3.8, 4) is 11.5 Å². The molecule has 6 N–H and O–H groups in total. The summed E-state index contributed by atoms with van der Waals surface area (Å²) in [6.45, 7) is 4.86. The van der Waals surface area contributed by atoms with E-state index in [1.54, 1.807) is 18.2 Å².